The fourth-order valence-corrected chi connectivity index (χ4v) is 3.17. The van der Waals surface area contributed by atoms with E-state index >= 15 is 0 Å². The third-order valence-electron chi connectivity index (χ3n) is 6.88. The van der Waals surface area contributed by atoms with Gasteiger partial charge in [0.05, 0.1) is 18.3 Å². The van der Waals surface area contributed by atoms with Crippen molar-refractivity contribution in [3.8, 4) is 0 Å². The van der Waals surface area contributed by atoms with Gasteiger partial charge in [-0.05, 0) is 77.6 Å². The second-order valence-electron chi connectivity index (χ2n) is 10.7. The first-order chi connectivity index (χ1) is 16.5. The first kappa shape index (κ1) is 42.4. The van der Waals surface area contributed by atoms with Gasteiger partial charge in [-0.15, -0.1) is 0 Å². The summed E-state index contributed by atoms with van der Waals surface area (Å²) in [7, 11) is 0. The van der Waals surface area contributed by atoms with Crippen molar-refractivity contribution in [2.45, 2.75) is 172 Å². The summed E-state index contributed by atoms with van der Waals surface area (Å²) in [5, 5.41) is 27.5. The van der Waals surface area contributed by atoms with E-state index in [1.807, 2.05) is 40.7 Å². The molecule has 0 aromatic heterocycles. The van der Waals surface area contributed by atoms with Crippen molar-refractivity contribution in [2.24, 2.45) is 17.8 Å². The van der Waals surface area contributed by atoms with Gasteiger partial charge >= 0.3 is 0 Å². The van der Waals surface area contributed by atoms with Crippen molar-refractivity contribution < 1.29 is 15.3 Å². The molecule has 0 fully saturated rings. The van der Waals surface area contributed by atoms with Crippen molar-refractivity contribution in [3.05, 3.63) is 24.3 Å². The standard InChI is InChI=1S/C12H26O.C12H24O.C8H16O.CH4/c2*1-4-5-6-7-8-9-10-11(2)12(3)13;1-4-5-6-7(2)8(3)9;/h11-13H,4-10H2,1-3H3;8-9,11-13H,4-7,10H2,1-3H3;4-5,7-9H,6H2,1-3H3;1H4/b;9-8+;5-4+;/t2*11-,12+;7-,8+;/m111./s1. The quantitative estimate of drug-likeness (QED) is 0.126. The van der Waals surface area contributed by atoms with Gasteiger partial charge in [-0.3, -0.25) is 0 Å². The van der Waals surface area contributed by atoms with Crippen LogP contribution < -0.4 is 0 Å². The van der Waals surface area contributed by atoms with Crippen LogP contribution in [0, 0.1) is 17.8 Å². The number of allylic oxidation sites excluding steroid dienone is 4. The largest absolute Gasteiger partial charge is 0.393 e. The smallest absolute Gasteiger partial charge is 0.0540 e. The molecule has 0 aromatic carbocycles. The highest BCUT2D eigenvalue weighted by atomic mass is 16.3. The molecule has 3 N–H and O–H groups in total. The monoisotopic (exact) mass is 515 g/mol. The van der Waals surface area contributed by atoms with Gasteiger partial charge in [0.15, 0.2) is 0 Å². The van der Waals surface area contributed by atoms with Crippen LogP contribution in [-0.4, -0.2) is 33.6 Å². The Balaban J connectivity index is -0.000000214. The Hall–Kier alpha value is -0.640. The van der Waals surface area contributed by atoms with E-state index in [0.29, 0.717) is 17.8 Å². The number of rotatable bonds is 18. The Morgan fingerprint density at radius 2 is 0.944 bits per heavy atom. The van der Waals surface area contributed by atoms with Gasteiger partial charge in [0, 0.05) is 0 Å². The lowest BCUT2D eigenvalue weighted by molar-refractivity contribution is 0.128. The zero-order chi connectivity index (χ0) is 27.5. The Morgan fingerprint density at radius 1 is 0.528 bits per heavy atom. The number of aliphatic hydroxyl groups excluding tert-OH is 3. The normalized spacial score (nSPS) is 16.1. The lowest BCUT2D eigenvalue weighted by Crippen LogP contribution is -2.12. The molecule has 3 nitrogen and oxygen atoms in total. The summed E-state index contributed by atoms with van der Waals surface area (Å²) in [6.07, 6.45) is 24.4. The zero-order valence-electron chi connectivity index (χ0n) is 25.3. The highest BCUT2D eigenvalue weighted by molar-refractivity contribution is 4.84. The number of unbranched alkanes of at least 4 members (excludes halogenated alkanes) is 8. The average molecular weight is 515 g/mol. The maximum atomic E-state index is 9.26. The summed E-state index contributed by atoms with van der Waals surface area (Å²) in [5.41, 5.74) is 0. The molecule has 36 heavy (non-hydrogen) atoms. The van der Waals surface area contributed by atoms with Crippen molar-refractivity contribution >= 4 is 0 Å². The van der Waals surface area contributed by atoms with E-state index in [1.165, 1.54) is 70.6 Å². The van der Waals surface area contributed by atoms with E-state index in [-0.39, 0.29) is 25.7 Å². The lowest BCUT2D eigenvalue weighted by atomic mass is 9.98. The maximum Gasteiger partial charge on any atom is 0.0540 e. The Bertz CT molecular complexity index is 440. The van der Waals surface area contributed by atoms with E-state index in [9.17, 15) is 10.2 Å². The molecule has 0 unspecified atom stereocenters. The molecule has 0 spiro atoms. The summed E-state index contributed by atoms with van der Waals surface area (Å²) >= 11 is 0. The molecule has 0 aliphatic carbocycles. The van der Waals surface area contributed by atoms with Crippen LogP contribution in [0.15, 0.2) is 24.3 Å². The van der Waals surface area contributed by atoms with E-state index in [4.69, 9.17) is 5.11 Å². The number of aliphatic hydroxyl groups is 3. The van der Waals surface area contributed by atoms with Crippen LogP contribution in [0.1, 0.15) is 153 Å². The van der Waals surface area contributed by atoms with Gasteiger partial charge in [0.25, 0.3) is 0 Å². The van der Waals surface area contributed by atoms with Crippen molar-refractivity contribution in [1.29, 1.82) is 0 Å². The third-order valence-corrected chi connectivity index (χ3v) is 6.88. The molecule has 0 heterocycles. The number of hydrogen-bond acceptors (Lipinski definition) is 3. The Morgan fingerprint density at radius 3 is 1.39 bits per heavy atom. The molecular weight excluding hydrogens is 444 g/mol. The fourth-order valence-electron chi connectivity index (χ4n) is 3.17. The molecule has 0 radical (unpaired) electrons. The predicted octanol–water partition coefficient (Wildman–Crippen LogP) is 9.89. The second-order valence-corrected chi connectivity index (χ2v) is 10.7. The molecular formula is C33H70O3. The van der Waals surface area contributed by atoms with Crippen molar-refractivity contribution in [1.82, 2.24) is 0 Å². The minimum atomic E-state index is -0.180. The average Bonchev–Trinajstić information content (AvgIpc) is 2.82. The first-order valence-corrected chi connectivity index (χ1v) is 14.8. The highest BCUT2D eigenvalue weighted by Crippen LogP contribution is 2.14. The molecule has 220 valence electrons. The molecule has 0 amide bonds. The van der Waals surface area contributed by atoms with Crippen LogP contribution in [-0.2, 0) is 0 Å². The lowest BCUT2D eigenvalue weighted by Gasteiger charge is -2.13. The van der Waals surface area contributed by atoms with Gasteiger partial charge in [0.2, 0.25) is 0 Å². The Kier molecular flexibility index (Phi) is 38.2. The summed E-state index contributed by atoms with van der Waals surface area (Å²) in [5.74, 6) is 1.26. The summed E-state index contributed by atoms with van der Waals surface area (Å²) < 4.78 is 0. The van der Waals surface area contributed by atoms with Crippen LogP contribution in [0.2, 0.25) is 0 Å². The van der Waals surface area contributed by atoms with E-state index in [2.05, 4.69) is 45.9 Å². The molecule has 0 rings (SSSR count). The SMILES string of the molecule is C.C/C=C/C[C@@H](C)[C@H](C)O.CCCCC/C=C/C[C@@H](C)[C@H](C)O.CCCCCCCC[C@@H](C)[C@H](C)O. The van der Waals surface area contributed by atoms with E-state index < -0.39 is 0 Å². The van der Waals surface area contributed by atoms with Gasteiger partial charge in [-0.1, -0.05) is 118 Å². The van der Waals surface area contributed by atoms with Crippen LogP contribution >= 0.6 is 0 Å². The van der Waals surface area contributed by atoms with Gasteiger partial charge in [-0.2, -0.15) is 0 Å². The van der Waals surface area contributed by atoms with Gasteiger partial charge < -0.3 is 15.3 Å². The summed E-state index contributed by atoms with van der Waals surface area (Å²) in [6.45, 7) is 18.3. The first-order valence-electron chi connectivity index (χ1n) is 14.8. The van der Waals surface area contributed by atoms with Crippen LogP contribution in [0.25, 0.3) is 0 Å². The molecule has 0 aliphatic rings. The molecule has 0 bridgehead atoms. The molecule has 6 atom stereocenters. The van der Waals surface area contributed by atoms with E-state index in [1.54, 1.807) is 0 Å². The van der Waals surface area contributed by atoms with Crippen LogP contribution in [0.3, 0.4) is 0 Å². The molecule has 3 heteroatoms. The highest BCUT2D eigenvalue weighted by Gasteiger charge is 2.07. The summed E-state index contributed by atoms with van der Waals surface area (Å²) in [4.78, 5) is 0. The minimum absolute atomic E-state index is 0. The number of hydrogen-bond donors (Lipinski definition) is 3. The zero-order valence-corrected chi connectivity index (χ0v) is 25.3. The van der Waals surface area contributed by atoms with Crippen LogP contribution in [0.4, 0.5) is 0 Å². The summed E-state index contributed by atoms with van der Waals surface area (Å²) in [6, 6.07) is 0. The Labute approximate surface area is 228 Å². The topological polar surface area (TPSA) is 60.7 Å². The maximum absolute atomic E-state index is 9.26. The molecule has 0 aromatic rings. The van der Waals surface area contributed by atoms with Crippen molar-refractivity contribution in [2.75, 3.05) is 0 Å². The van der Waals surface area contributed by atoms with Gasteiger partial charge in [-0.25, -0.2) is 0 Å². The molecule has 0 saturated heterocycles. The van der Waals surface area contributed by atoms with Gasteiger partial charge in [0.1, 0.15) is 0 Å². The minimum Gasteiger partial charge on any atom is -0.393 e. The third kappa shape index (κ3) is 35.5. The van der Waals surface area contributed by atoms with Crippen LogP contribution in [0.5, 0.6) is 0 Å². The second kappa shape index (κ2) is 32.4. The predicted molar refractivity (Wildman–Crippen MR) is 165 cm³/mol. The molecule has 0 saturated carbocycles. The molecule has 0 aliphatic heterocycles. The fraction of sp³-hybridized carbons (Fsp3) is 0.879. The van der Waals surface area contributed by atoms with Crippen molar-refractivity contribution in [3.63, 3.8) is 0 Å². The van der Waals surface area contributed by atoms with E-state index in [0.717, 1.165) is 12.8 Å².